The first-order valence-corrected chi connectivity index (χ1v) is 14.3. The van der Waals surface area contributed by atoms with Gasteiger partial charge < -0.3 is 35.6 Å². The van der Waals surface area contributed by atoms with Crippen molar-refractivity contribution in [3.8, 4) is 11.5 Å². The first kappa shape index (κ1) is 31.4. The Morgan fingerprint density at radius 2 is 1.79 bits per heavy atom. The standard InChI is InChI=1S/C32H36ClN5O5/c1-3-15-34-19-30(40)38-27(17-22-9-12-25(39)13-10-22)31(41)37(20-24-11-14-28(43-2)26(33)16-24)21-29(38)36-32(42)35-18-23-7-5-4-6-8-23/h3-14,16,27,29,34,39H,1,15,17-21H2,2H3,(H2,35,36,42)/t27-,29+/m0/s1. The number of nitrogens with one attached hydrogen (secondary N) is 3. The third-order valence-corrected chi connectivity index (χ3v) is 7.36. The summed E-state index contributed by atoms with van der Waals surface area (Å²) in [6, 6.07) is 19.8. The second-order valence-corrected chi connectivity index (χ2v) is 10.5. The third-order valence-electron chi connectivity index (χ3n) is 7.06. The molecular weight excluding hydrogens is 570 g/mol. The number of aromatic hydroxyl groups is 1. The van der Waals surface area contributed by atoms with Crippen LogP contribution in [-0.4, -0.2) is 71.7 Å². The largest absolute Gasteiger partial charge is 0.508 e. The fourth-order valence-electron chi connectivity index (χ4n) is 4.96. The van der Waals surface area contributed by atoms with Crippen LogP contribution in [0.2, 0.25) is 5.02 Å². The molecule has 3 aromatic rings. The van der Waals surface area contributed by atoms with Crippen LogP contribution < -0.4 is 20.7 Å². The van der Waals surface area contributed by atoms with E-state index in [-0.39, 0.29) is 50.2 Å². The number of methoxy groups -OCH3 is 1. The molecule has 0 unspecified atom stereocenters. The smallest absolute Gasteiger partial charge is 0.316 e. The Kier molecular flexibility index (Phi) is 11.0. The average molecular weight is 606 g/mol. The molecule has 0 spiro atoms. The predicted octanol–water partition coefficient (Wildman–Crippen LogP) is 3.44. The number of urea groups is 1. The van der Waals surface area contributed by atoms with Gasteiger partial charge in [-0.15, -0.1) is 6.58 Å². The summed E-state index contributed by atoms with van der Waals surface area (Å²) in [7, 11) is 1.53. The van der Waals surface area contributed by atoms with Gasteiger partial charge in [0.25, 0.3) is 0 Å². The highest BCUT2D eigenvalue weighted by atomic mass is 35.5. The summed E-state index contributed by atoms with van der Waals surface area (Å²) >= 11 is 6.36. The Hall–Kier alpha value is -4.54. The molecule has 3 aromatic carbocycles. The summed E-state index contributed by atoms with van der Waals surface area (Å²) in [6.07, 6.45) is 0.981. The number of carbonyl (C=O) groups excluding carboxylic acids is 3. The van der Waals surface area contributed by atoms with Crippen molar-refractivity contribution in [3.63, 3.8) is 0 Å². The maximum absolute atomic E-state index is 14.1. The molecule has 1 heterocycles. The fourth-order valence-corrected chi connectivity index (χ4v) is 5.24. The molecule has 4 N–H and O–H groups in total. The van der Waals surface area contributed by atoms with Crippen molar-refractivity contribution in [2.45, 2.75) is 31.7 Å². The van der Waals surface area contributed by atoms with E-state index in [2.05, 4.69) is 22.5 Å². The minimum Gasteiger partial charge on any atom is -0.508 e. The molecule has 1 fully saturated rings. The number of halogens is 1. The number of amides is 4. The molecule has 4 rings (SSSR count). The van der Waals surface area contributed by atoms with Gasteiger partial charge in [0.05, 0.1) is 25.2 Å². The number of carbonyl (C=O) groups is 3. The van der Waals surface area contributed by atoms with E-state index >= 15 is 0 Å². The van der Waals surface area contributed by atoms with Crippen molar-refractivity contribution in [1.82, 2.24) is 25.8 Å². The van der Waals surface area contributed by atoms with Crippen LogP contribution in [0.1, 0.15) is 16.7 Å². The monoisotopic (exact) mass is 605 g/mol. The molecule has 11 heteroatoms. The number of rotatable bonds is 12. The summed E-state index contributed by atoms with van der Waals surface area (Å²) in [5.41, 5.74) is 2.43. The normalized spacial score (nSPS) is 16.5. The number of piperazine rings is 1. The Balaban J connectivity index is 1.64. The lowest BCUT2D eigenvalue weighted by Gasteiger charge is -2.46. The van der Waals surface area contributed by atoms with E-state index in [0.717, 1.165) is 16.7 Å². The van der Waals surface area contributed by atoms with Gasteiger partial charge in [0.2, 0.25) is 11.8 Å². The molecule has 2 atom stereocenters. The van der Waals surface area contributed by atoms with Gasteiger partial charge in [0.15, 0.2) is 0 Å². The summed E-state index contributed by atoms with van der Waals surface area (Å²) < 4.78 is 5.26. The van der Waals surface area contributed by atoms with Gasteiger partial charge in [0, 0.05) is 26.1 Å². The van der Waals surface area contributed by atoms with Crippen LogP contribution in [0.25, 0.3) is 0 Å². The van der Waals surface area contributed by atoms with Crippen molar-refractivity contribution in [3.05, 3.63) is 107 Å². The number of phenolic OH excluding ortho intramolecular Hbond substituents is 1. The van der Waals surface area contributed by atoms with E-state index in [1.54, 1.807) is 35.2 Å². The van der Waals surface area contributed by atoms with Crippen LogP contribution in [0.15, 0.2) is 85.5 Å². The lowest BCUT2D eigenvalue weighted by molar-refractivity contribution is -0.157. The topological polar surface area (TPSA) is 123 Å². The quantitative estimate of drug-likeness (QED) is 0.185. The number of benzene rings is 3. The van der Waals surface area contributed by atoms with E-state index in [1.165, 1.54) is 24.1 Å². The lowest BCUT2D eigenvalue weighted by Crippen LogP contribution is -2.69. The lowest BCUT2D eigenvalue weighted by atomic mass is 9.99. The highest BCUT2D eigenvalue weighted by Gasteiger charge is 2.43. The van der Waals surface area contributed by atoms with Crippen LogP contribution in [0.5, 0.6) is 11.5 Å². The molecule has 0 radical (unpaired) electrons. The maximum atomic E-state index is 14.1. The zero-order chi connectivity index (χ0) is 30.8. The minimum absolute atomic E-state index is 0.0523. The zero-order valence-electron chi connectivity index (χ0n) is 24.0. The second kappa shape index (κ2) is 15.1. The number of hydrogen-bond donors (Lipinski definition) is 4. The molecule has 0 saturated carbocycles. The predicted molar refractivity (Wildman–Crippen MR) is 165 cm³/mol. The number of hydrogen-bond acceptors (Lipinski definition) is 6. The Labute approximate surface area is 256 Å². The molecule has 0 aromatic heterocycles. The first-order valence-electron chi connectivity index (χ1n) is 13.9. The number of nitrogens with zero attached hydrogens (tertiary/aromatic N) is 2. The minimum atomic E-state index is -0.926. The zero-order valence-corrected chi connectivity index (χ0v) is 24.7. The van der Waals surface area contributed by atoms with Gasteiger partial charge in [-0.25, -0.2) is 4.79 Å². The number of ether oxygens (including phenoxy) is 1. The van der Waals surface area contributed by atoms with Crippen molar-refractivity contribution in [1.29, 1.82) is 0 Å². The van der Waals surface area contributed by atoms with E-state index < -0.39 is 18.2 Å². The maximum Gasteiger partial charge on any atom is 0.316 e. The van der Waals surface area contributed by atoms with Crippen LogP contribution in [0.3, 0.4) is 0 Å². The van der Waals surface area contributed by atoms with E-state index in [0.29, 0.717) is 17.3 Å². The third kappa shape index (κ3) is 8.50. The molecule has 226 valence electrons. The first-order chi connectivity index (χ1) is 20.8. The highest BCUT2D eigenvalue weighted by Crippen LogP contribution is 2.27. The van der Waals surface area contributed by atoms with Crippen LogP contribution in [0, 0.1) is 0 Å². The van der Waals surface area contributed by atoms with Crippen molar-refractivity contribution in [2.75, 3.05) is 26.7 Å². The summed E-state index contributed by atoms with van der Waals surface area (Å²) in [5.74, 6) is -0.0220. The van der Waals surface area contributed by atoms with Gasteiger partial charge in [-0.3, -0.25) is 9.59 Å². The number of phenols is 1. The summed E-state index contributed by atoms with van der Waals surface area (Å²) in [6.45, 7) is 4.57. The molecule has 1 aliphatic rings. The van der Waals surface area contributed by atoms with Crippen LogP contribution in [0.4, 0.5) is 4.79 Å². The summed E-state index contributed by atoms with van der Waals surface area (Å²) in [4.78, 5) is 43.9. The molecule has 1 saturated heterocycles. The van der Waals surface area contributed by atoms with E-state index in [4.69, 9.17) is 16.3 Å². The SMILES string of the molecule is C=CCNCC(=O)N1[C@@H](NC(=O)NCc2ccccc2)CN(Cc2ccc(OC)c(Cl)c2)C(=O)[C@@H]1Cc1ccc(O)cc1. The van der Waals surface area contributed by atoms with Gasteiger partial charge in [-0.2, -0.15) is 0 Å². The van der Waals surface area contributed by atoms with E-state index in [9.17, 15) is 19.5 Å². The van der Waals surface area contributed by atoms with Gasteiger partial charge in [-0.1, -0.05) is 66.2 Å². The van der Waals surface area contributed by atoms with Crippen molar-refractivity contribution < 1.29 is 24.2 Å². The highest BCUT2D eigenvalue weighted by molar-refractivity contribution is 6.32. The van der Waals surface area contributed by atoms with Crippen LogP contribution in [-0.2, 0) is 29.1 Å². The van der Waals surface area contributed by atoms with Gasteiger partial charge in [0.1, 0.15) is 23.7 Å². The molecule has 0 bridgehead atoms. The Morgan fingerprint density at radius 1 is 1.07 bits per heavy atom. The molecule has 10 nitrogen and oxygen atoms in total. The fraction of sp³-hybridized carbons (Fsp3) is 0.281. The van der Waals surface area contributed by atoms with E-state index in [1.807, 2.05) is 36.4 Å². The van der Waals surface area contributed by atoms with Gasteiger partial charge >= 0.3 is 6.03 Å². The second-order valence-electron chi connectivity index (χ2n) is 10.1. The molecule has 0 aliphatic carbocycles. The molecular formula is C32H36ClN5O5. The Morgan fingerprint density at radius 3 is 2.47 bits per heavy atom. The molecule has 1 aliphatic heterocycles. The average Bonchev–Trinajstić information content (AvgIpc) is 3.00. The van der Waals surface area contributed by atoms with Crippen molar-refractivity contribution in [2.24, 2.45) is 0 Å². The van der Waals surface area contributed by atoms with Crippen molar-refractivity contribution >= 4 is 29.4 Å². The Bertz CT molecular complexity index is 1420. The van der Waals surface area contributed by atoms with Crippen LogP contribution >= 0.6 is 11.6 Å². The molecule has 4 amide bonds. The molecule has 43 heavy (non-hydrogen) atoms. The van der Waals surface area contributed by atoms with Gasteiger partial charge in [-0.05, 0) is 41.0 Å². The summed E-state index contributed by atoms with van der Waals surface area (Å²) in [5, 5.41) is 19.0.